The SMILES string of the molecule is CCN1C(=CC=CC=CC2=[N+](CCCCCC(=O)CCCC(C)C)C3C=CC=CC3C2(C)C)C(C)(C)c2cc(C)ccc21.O=S(=O)=O. The van der Waals surface area contributed by atoms with Crippen LogP contribution in [0.25, 0.3) is 0 Å². The van der Waals surface area contributed by atoms with Crippen LogP contribution in [0, 0.1) is 24.2 Å². The van der Waals surface area contributed by atoms with Crippen molar-refractivity contribution in [1.82, 2.24) is 0 Å². The molecule has 47 heavy (non-hydrogen) atoms. The summed E-state index contributed by atoms with van der Waals surface area (Å²) in [5.74, 6) is 1.61. The van der Waals surface area contributed by atoms with Gasteiger partial charge in [-0.1, -0.05) is 88.3 Å². The normalized spacial score (nSPS) is 21.6. The van der Waals surface area contributed by atoms with Crippen molar-refractivity contribution in [2.45, 2.75) is 112 Å². The average molecular weight is 662 g/mol. The van der Waals surface area contributed by atoms with Crippen LogP contribution >= 0.6 is 0 Å². The number of fused-ring (bicyclic) bond motifs is 2. The first-order valence-corrected chi connectivity index (χ1v) is 18.4. The zero-order chi connectivity index (χ0) is 34.8. The average Bonchev–Trinajstić information content (AvgIpc) is 3.34. The summed E-state index contributed by atoms with van der Waals surface area (Å²) < 4.78 is 28.0. The van der Waals surface area contributed by atoms with E-state index in [0.29, 0.717) is 23.7 Å². The number of ketones is 1. The van der Waals surface area contributed by atoms with E-state index in [4.69, 9.17) is 12.6 Å². The molecule has 2 aliphatic heterocycles. The summed E-state index contributed by atoms with van der Waals surface area (Å²) in [6.45, 7) is 20.4. The van der Waals surface area contributed by atoms with Crippen LogP contribution in [0.3, 0.4) is 0 Å². The molecule has 1 aromatic rings. The largest absolute Gasteiger partial charge is 0.425 e. The third-order valence-electron chi connectivity index (χ3n) is 9.95. The molecular weight excluding hydrogens is 605 g/mol. The molecule has 2 atom stereocenters. The molecule has 1 aromatic carbocycles. The molecule has 0 radical (unpaired) electrons. The standard InChI is InChI=1S/C40H57N2O.O3S/c1-9-41-36-27-26-31(4)29-34(36)40(7,8)37(41)24-13-10-14-25-38-39(5,6)33-22-15-16-23-35(33)42(38)28-17-11-12-20-32(43)21-18-19-30(2)3;1-4(2)3/h10,13-16,22-27,29-30,33,35H,9,11-12,17-21,28H2,1-8H3;/q+1;. The molecule has 0 spiro atoms. The van der Waals surface area contributed by atoms with Crippen molar-refractivity contribution in [3.05, 3.63) is 89.7 Å². The van der Waals surface area contributed by atoms with Gasteiger partial charge in [0, 0.05) is 48.7 Å². The van der Waals surface area contributed by atoms with Gasteiger partial charge in [-0.2, -0.15) is 0 Å². The van der Waals surface area contributed by atoms with Gasteiger partial charge in [-0.05, 0) is 76.7 Å². The van der Waals surface area contributed by atoms with E-state index >= 15 is 0 Å². The predicted molar refractivity (Wildman–Crippen MR) is 195 cm³/mol. The maximum atomic E-state index is 12.3. The number of anilines is 1. The van der Waals surface area contributed by atoms with E-state index in [-0.39, 0.29) is 10.8 Å². The maximum Gasteiger partial charge on any atom is 0.425 e. The van der Waals surface area contributed by atoms with Crippen LogP contribution in [-0.2, 0) is 20.8 Å². The first-order valence-electron chi connectivity index (χ1n) is 17.4. The molecule has 7 heteroatoms. The van der Waals surface area contributed by atoms with Crippen LogP contribution < -0.4 is 4.90 Å². The highest BCUT2D eigenvalue weighted by Crippen LogP contribution is 2.48. The molecule has 0 amide bonds. The highest BCUT2D eigenvalue weighted by Gasteiger charge is 2.52. The second-order valence-electron chi connectivity index (χ2n) is 14.6. The van der Waals surface area contributed by atoms with Gasteiger partial charge in [-0.15, -0.1) is 12.6 Å². The molecule has 3 aliphatic rings. The molecule has 1 aliphatic carbocycles. The molecule has 0 saturated heterocycles. The second-order valence-corrected chi connectivity index (χ2v) is 15.0. The molecule has 4 rings (SSSR count). The minimum atomic E-state index is -3.11. The highest BCUT2D eigenvalue weighted by atomic mass is 32.2. The number of hydrogen-bond acceptors (Lipinski definition) is 5. The number of rotatable bonds is 14. The molecule has 0 aromatic heterocycles. The van der Waals surface area contributed by atoms with Gasteiger partial charge in [-0.25, -0.2) is 4.58 Å². The Hall–Kier alpha value is -3.32. The van der Waals surface area contributed by atoms with Crippen molar-refractivity contribution in [3.8, 4) is 0 Å². The van der Waals surface area contributed by atoms with E-state index in [9.17, 15) is 4.79 Å². The predicted octanol–water partition coefficient (Wildman–Crippen LogP) is 8.66. The van der Waals surface area contributed by atoms with Crippen molar-refractivity contribution in [1.29, 1.82) is 0 Å². The fourth-order valence-electron chi connectivity index (χ4n) is 7.44. The number of carbonyl (C=O) groups is 1. The van der Waals surface area contributed by atoms with Crippen LogP contribution in [0.1, 0.15) is 105 Å². The topological polar surface area (TPSA) is 74.5 Å². The number of unbranched alkanes of at least 4 members (excludes halogenated alkanes) is 2. The lowest BCUT2D eigenvalue weighted by Gasteiger charge is -2.25. The Morgan fingerprint density at radius 3 is 2.32 bits per heavy atom. The smallest absolute Gasteiger partial charge is 0.344 e. The molecule has 2 unspecified atom stereocenters. The monoisotopic (exact) mass is 661 g/mol. The van der Waals surface area contributed by atoms with Gasteiger partial charge in [0.25, 0.3) is 0 Å². The van der Waals surface area contributed by atoms with Gasteiger partial charge in [-0.3, -0.25) is 4.79 Å². The van der Waals surface area contributed by atoms with E-state index in [2.05, 4.69) is 138 Å². The molecule has 0 fully saturated rings. The summed E-state index contributed by atoms with van der Waals surface area (Å²) in [7, 11) is -3.11. The molecule has 256 valence electrons. The summed E-state index contributed by atoms with van der Waals surface area (Å²) in [6, 6.07) is 7.26. The Labute approximate surface area is 285 Å². The van der Waals surface area contributed by atoms with E-state index in [1.54, 1.807) is 0 Å². The molecule has 0 saturated carbocycles. The minimum absolute atomic E-state index is 0.0164. The van der Waals surface area contributed by atoms with Crippen molar-refractivity contribution >= 4 is 27.8 Å². The summed E-state index contributed by atoms with van der Waals surface area (Å²) in [4.78, 5) is 14.8. The lowest BCUT2D eigenvalue weighted by atomic mass is 9.73. The fourth-order valence-corrected chi connectivity index (χ4v) is 7.44. The van der Waals surface area contributed by atoms with E-state index in [1.165, 1.54) is 28.2 Å². The van der Waals surface area contributed by atoms with E-state index in [1.807, 2.05) is 0 Å². The van der Waals surface area contributed by atoms with Crippen molar-refractivity contribution in [2.75, 3.05) is 18.0 Å². The zero-order valence-electron chi connectivity index (χ0n) is 30.0. The molecule has 0 bridgehead atoms. The number of benzene rings is 1. The number of aryl methyl sites for hydroxylation is 1. The van der Waals surface area contributed by atoms with Crippen LogP contribution in [-0.4, -0.2) is 47.8 Å². The summed E-state index contributed by atoms with van der Waals surface area (Å²) in [5, 5.41) is 0. The number of carbonyl (C=O) groups excluding carboxylic acids is 1. The van der Waals surface area contributed by atoms with Gasteiger partial charge in [0.1, 0.15) is 12.3 Å². The van der Waals surface area contributed by atoms with Crippen molar-refractivity contribution in [2.24, 2.45) is 17.3 Å². The van der Waals surface area contributed by atoms with Gasteiger partial charge in [0.05, 0.1) is 11.3 Å². The van der Waals surface area contributed by atoms with Gasteiger partial charge >= 0.3 is 10.6 Å². The lowest BCUT2D eigenvalue weighted by molar-refractivity contribution is -0.550. The van der Waals surface area contributed by atoms with Crippen LogP contribution in [0.4, 0.5) is 5.69 Å². The summed E-state index contributed by atoms with van der Waals surface area (Å²) in [5.41, 5.74) is 6.90. The van der Waals surface area contributed by atoms with Gasteiger partial charge < -0.3 is 4.90 Å². The fraction of sp³-hybridized carbons (Fsp3) is 0.550. The van der Waals surface area contributed by atoms with E-state index < -0.39 is 10.6 Å². The van der Waals surface area contributed by atoms with E-state index in [0.717, 1.165) is 58.0 Å². The zero-order valence-corrected chi connectivity index (χ0v) is 30.8. The number of likely N-dealkylation sites (N-methyl/N-ethyl adjacent to an activating group) is 1. The van der Waals surface area contributed by atoms with Crippen molar-refractivity contribution in [3.63, 3.8) is 0 Å². The second kappa shape index (κ2) is 17.2. The Balaban J connectivity index is 0.00000142. The van der Waals surface area contributed by atoms with Crippen LogP contribution in [0.15, 0.2) is 78.6 Å². The van der Waals surface area contributed by atoms with Gasteiger partial charge in [0.2, 0.25) is 0 Å². The Morgan fingerprint density at radius 1 is 0.957 bits per heavy atom. The van der Waals surface area contributed by atoms with Crippen LogP contribution in [0.2, 0.25) is 0 Å². The minimum Gasteiger partial charge on any atom is -0.344 e. The number of allylic oxidation sites excluding steroid dienone is 8. The third-order valence-corrected chi connectivity index (χ3v) is 9.95. The quantitative estimate of drug-likeness (QED) is 0.113. The highest BCUT2D eigenvalue weighted by molar-refractivity contribution is 7.59. The number of hydrogen-bond donors (Lipinski definition) is 0. The number of nitrogens with zero attached hydrogens (tertiary/aromatic N) is 2. The molecule has 2 heterocycles. The lowest BCUT2D eigenvalue weighted by Crippen LogP contribution is -2.30. The third kappa shape index (κ3) is 9.85. The Morgan fingerprint density at radius 2 is 1.64 bits per heavy atom. The molecular formula is C40H57N2O4S+. The number of Topliss-reactive ketones (excluding diaryl/α,β-unsaturated/α-hetero) is 1. The first-order chi connectivity index (χ1) is 22.2. The first kappa shape index (κ1) is 38.1. The summed E-state index contributed by atoms with van der Waals surface area (Å²) >= 11 is 0. The van der Waals surface area contributed by atoms with Crippen LogP contribution in [0.5, 0.6) is 0 Å². The maximum absolute atomic E-state index is 12.3. The van der Waals surface area contributed by atoms with Gasteiger partial charge in [0.15, 0.2) is 11.8 Å². The molecule has 0 N–H and O–H groups in total. The Bertz CT molecular complexity index is 1550. The molecule has 6 nitrogen and oxygen atoms in total. The Kier molecular flexibility index (Phi) is 13.9. The summed E-state index contributed by atoms with van der Waals surface area (Å²) in [6.07, 6.45) is 27.5. The van der Waals surface area contributed by atoms with Crippen molar-refractivity contribution < 1.29 is 22.0 Å².